The highest BCUT2D eigenvalue weighted by Crippen LogP contribution is 2.34. The summed E-state index contributed by atoms with van der Waals surface area (Å²) in [4.78, 5) is 15.0. The van der Waals surface area contributed by atoms with Gasteiger partial charge in [-0.15, -0.1) is 0 Å². The van der Waals surface area contributed by atoms with Crippen molar-refractivity contribution in [3.63, 3.8) is 0 Å². The minimum absolute atomic E-state index is 0.115. The highest BCUT2D eigenvalue weighted by molar-refractivity contribution is 7.99. The molecule has 0 aliphatic heterocycles. The Kier molecular flexibility index (Phi) is 5.01. The molecule has 19 heavy (non-hydrogen) atoms. The number of hydrogen-bond acceptors (Lipinski definition) is 5. The van der Waals surface area contributed by atoms with Gasteiger partial charge in [-0.05, 0) is 31.7 Å². The van der Waals surface area contributed by atoms with E-state index in [2.05, 4.69) is 10.3 Å². The lowest BCUT2D eigenvalue weighted by Gasteiger charge is -2.09. The fourth-order valence-electron chi connectivity index (χ4n) is 2.33. The summed E-state index contributed by atoms with van der Waals surface area (Å²) in [6.07, 6.45) is 5.07. The van der Waals surface area contributed by atoms with Gasteiger partial charge in [0, 0.05) is 18.4 Å². The zero-order valence-corrected chi connectivity index (χ0v) is 11.9. The molecule has 0 spiro atoms. The number of anilines is 1. The van der Waals surface area contributed by atoms with Crippen molar-refractivity contribution in [2.24, 2.45) is 5.92 Å². The van der Waals surface area contributed by atoms with Crippen LogP contribution < -0.4 is 5.32 Å². The second-order valence-corrected chi connectivity index (χ2v) is 5.78. The van der Waals surface area contributed by atoms with Crippen LogP contribution in [-0.4, -0.2) is 22.2 Å². The van der Waals surface area contributed by atoms with Crippen LogP contribution in [0.2, 0.25) is 0 Å². The molecule has 1 N–H and O–H groups in total. The Hall–Kier alpha value is -1.30. The van der Waals surface area contributed by atoms with Gasteiger partial charge in [-0.2, -0.15) is 0 Å². The van der Waals surface area contributed by atoms with Crippen LogP contribution in [0.1, 0.15) is 32.6 Å². The van der Waals surface area contributed by atoms with Gasteiger partial charge in [-0.3, -0.25) is 10.1 Å². The number of hydrogen-bond donors (Lipinski definition) is 1. The van der Waals surface area contributed by atoms with Crippen LogP contribution in [0, 0.1) is 16.0 Å². The molecule has 104 valence electrons. The largest absolute Gasteiger partial charge is 0.370 e. The van der Waals surface area contributed by atoms with E-state index in [0.29, 0.717) is 16.8 Å². The topological polar surface area (TPSA) is 68.1 Å². The Bertz CT molecular complexity index is 448. The smallest absolute Gasteiger partial charge is 0.301 e. The first-order valence-corrected chi connectivity index (χ1v) is 7.71. The molecule has 1 aliphatic rings. The first-order valence-electron chi connectivity index (χ1n) is 6.72. The van der Waals surface area contributed by atoms with Crippen LogP contribution in [0.15, 0.2) is 17.2 Å². The molecule has 1 fully saturated rings. The zero-order chi connectivity index (χ0) is 13.7. The molecular formula is C13H19N3O2S. The van der Waals surface area contributed by atoms with E-state index in [9.17, 15) is 10.1 Å². The second kappa shape index (κ2) is 6.75. The molecule has 6 heteroatoms. The van der Waals surface area contributed by atoms with Crippen LogP contribution >= 0.6 is 11.8 Å². The van der Waals surface area contributed by atoms with Crippen molar-refractivity contribution in [2.75, 3.05) is 17.6 Å². The van der Waals surface area contributed by atoms with Crippen molar-refractivity contribution in [2.45, 2.75) is 37.6 Å². The predicted octanol–water partition coefficient (Wildman–Crippen LogP) is 3.70. The normalized spacial score (nSPS) is 15.6. The monoisotopic (exact) mass is 281 g/mol. The lowest BCUT2D eigenvalue weighted by molar-refractivity contribution is -0.388. The first-order chi connectivity index (χ1) is 9.20. The van der Waals surface area contributed by atoms with Crippen molar-refractivity contribution in [3.05, 3.63) is 22.2 Å². The third-order valence-corrected chi connectivity index (χ3v) is 4.54. The fraction of sp³-hybridized carbons (Fsp3) is 0.615. The maximum absolute atomic E-state index is 11.0. The summed E-state index contributed by atoms with van der Waals surface area (Å²) in [5.41, 5.74) is 0.115. The molecule has 1 aliphatic carbocycles. The SMILES string of the molecule is CCNc1ccc([N+](=O)[O-])c(SCC2CCCC2)n1. The molecule has 2 rings (SSSR count). The second-order valence-electron chi connectivity index (χ2n) is 4.77. The molecule has 0 bridgehead atoms. The van der Waals surface area contributed by atoms with Crippen molar-refractivity contribution >= 4 is 23.3 Å². The third-order valence-electron chi connectivity index (χ3n) is 3.33. The number of nitrogens with one attached hydrogen (secondary N) is 1. The van der Waals surface area contributed by atoms with Gasteiger partial charge in [-0.25, -0.2) is 4.98 Å². The van der Waals surface area contributed by atoms with Crippen molar-refractivity contribution < 1.29 is 4.92 Å². The molecule has 5 nitrogen and oxygen atoms in total. The van der Waals surface area contributed by atoms with Gasteiger partial charge in [0.15, 0.2) is 5.03 Å². The van der Waals surface area contributed by atoms with E-state index in [1.165, 1.54) is 37.4 Å². The average molecular weight is 281 g/mol. The summed E-state index contributed by atoms with van der Waals surface area (Å²) < 4.78 is 0. The fourth-order valence-corrected chi connectivity index (χ4v) is 3.51. The Morgan fingerprint density at radius 2 is 2.21 bits per heavy atom. The minimum atomic E-state index is -0.348. The lowest BCUT2D eigenvalue weighted by atomic mass is 10.1. The van der Waals surface area contributed by atoms with Gasteiger partial charge < -0.3 is 5.32 Å². The number of nitro groups is 1. The Balaban J connectivity index is 2.09. The number of nitrogens with zero attached hydrogens (tertiary/aromatic N) is 2. The number of aromatic nitrogens is 1. The molecule has 1 aromatic heterocycles. The van der Waals surface area contributed by atoms with Gasteiger partial charge in [0.25, 0.3) is 0 Å². The highest BCUT2D eigenvalue weighted by Gasteiger charge is 2.20. The molecule has 0 amide bonds. The minimum Gasteiger partial charge on any atom is -0.370 e. The molecule has 0 aromatic carbocycles. The molecule has 1 heterocycles. The molecular weight excluding hydrogens is 262 g/mol. The summed E-state index contributed by atoms with van der Waals surface area (Å²) in [6.45, 7) is 2.74. The summed E-state index contributed by atoms with van der Waals surface area (Å²) in [7, 11) is 0. The van der Waals surface area contributed by atoms with Crippen molar-refractivity contribution in [1.29, 1.82) is 0 Å². The molecule has 0 saturated heterocycles. The quantitative estimate of drug-likeness (QED) is 0.489. The van der Waals surface area contributed by atoms with E-state index in [4.69, 9.17) is 0 Å². The molecule has 0 radical (unpaired) electrons. The molecule has 1 aromatic rings. The number of rotatable bonds is 6. The third kappa shape index (κ3) is 3.83. The van der Waals surface area contributed by atoms with E-state index in [0.717, 1.165) is 12.3 Å². The van der Waals surface area contributed by atoms with E-state index >= 15 is 0 Å². The molecule has 0 unspecified atom stereocenters. The maximum Gasteiger partial charge on any atom is 0.301 e. The summed E-state index contributed by atoms with van der Waals surface area (Å²) >= 11 is 1.52. The average Bonchev–Trinajstić information content (AvgIpc) is 2.89. The van der Waals surface area contributed by atoms with Gasteiger partial charge >= 0.3 is 5.69 Å². The Labute approximate surface area is 117 Å². The van der Waals surface area contributed by atoms with Crippen LogP contribution in [-0.2, 0) is 0 Å². The maximum atomic E-state index is 11.0. The summed E-state index contributed by atoms with van der Waals surface area (Å²) in [6, 6.07) is 3.21. The van der Waals surface area contributed by atoms with Crippen LogP contribution in [0.3, 0.4) is 0 Å². The zero-order valence-electron chi connectivity index (χ0n) is 11.1. The predicted molar refractivity (Wildman–Crippen MR) is 77.7 cm³/mol. The van der Waals surface area contributed by atoms with E-state index in [1.54, 1.807) is 12.1 Å². The van der Waals surface area contributed by atoms with Crippen LogP contribution in [0.25, 0.3) is 0 Å². The molecule has 1 saturated carbocycles. The highest BCUT2D eigenvalue weighted by atomic mass is 32.2. The van der Waals surface area contributed by atoms with Crippen molar-refractivity contribution in [3.8, 4) is 0 Å². The van der Waals surface area contributed by atoms with E-state index in [1.807, 2.05) is 6.92 Å². The Morgan fingerprint density at radius 1 is 1.47 bits per heavy atom. The Morgan fingerprint density at radius 3 is 2.84 bits per heavy atom. The number of thioether (sulfide) groups is 1. The van der Waals surface area contributed by atoms with Crippen molar-refractivity contribution in [1.82, 2.24) is 4.98 Å². The standard InChI is InChI=1S/C13H19N3O2S/c1-2-14-12-8-7-11(16(17)18)13(15-12)19-9-10-5-3-4-6-10/h7-8,10H,2-6,9H2,1H3,(H,14,15). The molecule has 0 atom stereocenters. The van der Waals surface area contributed by atoms with Gasteiger partial charge in [0.1, 0.15) is 5.82 Å². The van der Waals surface area contributed by atoms with Gasteiger partial charge in [0.05, 0.1) is 4.92 Å². The van der Waals surface area contributed by atoms with E-state index < -0.39 is 0 Å². The lowest BCUT2D eigenvalue weighted by Crippen LogP contribution is -2.03. The number of pyridine rings is 1. The van der Waals surface area contributed by atoms with Crippen LogP contribution in [0.5, 0.6) is 0 Å². The van der Waals surface area contributed by atoms with Crippen LogP contribution in [0.4, 0.5) is 11.5 Å². The first kappa shape index (κ1) is 14.1. The van der Waals surface area contributed by atoms with Gasteiger partial charge in [-0.1, -0.05) is 24.6 Å². The summed E-state index contributed by atoms with van der Waals surface area (Å²) in [5.74, 6) is 2.33. The summed E-state index contributed by atoms with van der Waals surface area (Å²) in [5, 5.41) is 14.7. The van der Waals surface area contributed by atoms with E-state index in [-0.39, 0.29) is 10.6 Å². The van der Waals surface area contributed by atoms with Gasteiger partial charge in [0.2, 0.25) is 0 Å².